The Morgan fingerprint density at radius 3 is 2.86 bits per heavy atom. The number of furan rings is 1. The lowest BCUT2D eigenvalue weighted by molar-refractivity contribution is 0.0726. The summed E-state index contributed by atoms with van der Waals surface area (Å²) in [5.74, 6) is 1.20. The molecule has 2 aromatic heterocycles. The fourth-order valence-electron chi connectivity index (χ4n) is 2.84. The second-order valence-electron chi connectivity index (χ2n) is 5.50. The summed E-state index contributed by atoms with van der Waals surface area (Å²) in [6.45, 7) is 5.21. The minimum Gasteiger partial charge on any atom is -0.459 e. The molecule has 3 rings (SSSR count). The second-order valence-corrected chi connectivity index (χ2v) is 5.50. The fourth-order valence-corrected chi connectivity index (χ4v) is 2.84. The molecule has 1 atom stereocenters. The van der Waals surface area contributed by atoms with Crippen molar-refractivity contribution < 1.29 is 9.21 Å². The third-order valence-electron chi connectivity index (χ3n) is 4.12. The highest BCUT2D eigenvalue weighted by Gasteiger charge is 2.26. The van der Waals surface area contributed by atoms with Gasteiger partial charge in [0, 0.05) is 33.2 Å². The lowest BCUT2D eigenvalue weighted by atomic mass is 10.2. The summed E-state index contributed by atoms with van der Waals surface area (Å²) in [6.07, 6.45) is 2.45. The summed E-state index contributed by atoms with van der Waals surface area (Å²) < 4.78 is 6.90. The summed E-state index contributed by atoms with van der Waals surface area (Å²) in [7, 11) is 1.84. The smallest absolute Gasteiger partial charge is 0.289 e. The maximum atomic E-state index is 12.4. The van der Waals surface area contributed by atoms with Gasteiger partial charge in [0.1, 0.15) is 0 Å². The molecule has 118 valence electrons. The number of tetrazole rings is 1. The van der Waals surface area contributed by atoms with Crippen LogP contribution in [0.2, 0.25) is 0 Å². The predicted molar refractivity (Wildman–Crippen MR) is 78.0 cm³/mol. The molecule has 0 aromatic carbocycles. The van der Waals surface area contributed by atoms with Crippen LogP contribution in [0, 0.1) is 0 Å². The van der Waals surface area contributed by atoms with Crippen molar-refractivity contribution in [1.82, 2.24) is 30.0 Å². The number of rotatable bonds is 3. The van der Waals surface area contributed by atoms with Gasteiger partial charge in [0.15, 0.2) is 11.6 Å². The van der Waals surface area contributed by atoms with E-state index in [-0.39, 0.29) is 11.9 Å². The second kappa shape index (κ2) is 6.27. The molecule has 0 saturated carbocycles. The highest BCUT2D eigenvalue weighted by Crippen LogP contribution is 2.19. The number of carbonyl (C=O) groups is 1. The van der Waals surface area contributed by atoms with Gasteiger partial charge in [0.05, 0.1) is 12.3 Å². The third-order valence-corrected chi connectivity index (χ3v) is 4.12. The number of hydrogen-bond donors (Lipinski definition) is 0. The molecule has 1 aliphatic heterocycles. The van der Waals surface area contributed by atoms with Crippen LogP contribution in [0.4, 0.5) is 0 Å². The molecular weight excluding hydrogens is 284 g/mol. The van der Waals surface area contributed by atoms with Crippen LogP contribution in [0.25, 0.3) is 0 Å². The monoisotopic (exact) mass is 304 g/mol. The highest BCUT2D eigenvalue weighted by atomic mass is 16.3. The van der Waals surface area contributed by atoms with Crippen molar-refractivity contribution in [1.29, 1.82) is 0 Å². The maximum Gasteiger partial charge on any atom is 0.289 e. The van der Waals surface area contributed by atoms with Crippen LogP contribution in [0.15, 0.2) is 22.8 Å². The number of aromatic nitrogens is 4. The summed E-state index contributed by atoms with van der Waals surface area (Å²) >= 11 is 0. The summed E-state index contributed by atoms with van der Waals surface area (Å²) in [5.41, 5.74) is 0. The van der Waals surface area contributed by atoms with Gasteiger partial charge >= 0.3 is 0 Å². The molecule has 0 N–H and O–H groups in total. The molecule has 1 saturated heterocycles. The Bertz CT molecular complexity index is 623. The molecule has 1 fully saturated rings. The first kappa shape index (κ1) is 14.7. The molecule has 0 spiro atoms. The zero-order valence-electron chi connectivity index (χ0n) is 12.8. The number of amides is 1. The molecular formula is C14H20N6O2. The van der Waals surface area contributed by atoms with Crippen LogP contribution < -0.4 is 0 Å². The Morgan fingerprint density at radius 1 is 1.32 bits per heavy atom. The Hall–Kier alpha value is -2.22. The van der Waals surface area contributed by atoms with E-state index in [2.05, 4.69) is 27.3 Å². The lowest BCUT2D eigenvalue weighted by Crippen LogP contribution is -2.36. The van der Waals surface area contributed by atoms with Gasteiger partial charge in [-0.05, 0) is 35.9 Å². The first-order valence-corrected chi connectivity index (χ1v) is 7.46. The minimum atomic E-state index is -0.0418. The van der Waals surface area contributed by atoms with Gasteiger partial charge in [-0.2, -0.15) is 0 Å². The van der Waals surface area contributed by atoms with Crippen LogP contribution in [-0.2, 0) is 7.05 Å². The van der Waals surface area contributed by atoms with E-state index >= 15 is 0 Å². The van der Waals surface area contributed by atoms with Crippen molar-refractivity contribution in [2.75, 3.05) is 26.2 Å². The molecule has 2 aromatic rings. The molecule has 0 bridgehead atoms. The van der Waals surface area contributed by atoms with E-state index in [0.717, 1.165) is 31.9 Å². The fraction of sp³-hybridized carbons (Fsp3) is 0.571. The average Bonchev–Trinajstić information content (AvgIpc) is 3.12. The number of aryl methyl sites for hydroxylation is 1. The van der Waals surface area contributed by atoms with Crippen LogP contribution in [-0.4, -0.2) is 62.1 Å². The normalized spacial score (nSPS) is 18.2. The van der Waals surface area contributed by atoms with Crippen molar-refractivity contribution in [3.8, 4) is 0 Å². The van der Waals surface area contributed by atoms with Gasteiger partial charge in [-0.1, -0.05) is 0 Å². The first-order valence-electron chi connectivity index (χ1n) is 7.46. The molecule has 22 heavy (non-hydrogen) atoms. The summed E-state index contributed by atoms with van der Waals surface area (Å²) in [5, 5.41) is 11.7. The maximum absolute atomic E-state index is 12.4. The molecule has 0 aliphatic carbocycles. The van der Waals surface area contributed by atoms with Crippen LogP contribution in [0.1, 0.15) is 35.8 Å². The highest BCUT2D eigenvalue weighted by molar-refractivity contribution is 5.91. The molecule has 8 nitrogen and oxygen atoms in total. The van der Waals surface area contributed by atoms with E-state index in [1.165, 1.54) is 6.26 Å². The molecule has 0 radical (unpaired) electrons. The zero-order chi connectivity index (χ0) is 15.5. The quantitative estimate of drug-likeness (QED) is 0.831. The average molecular weight is 304 g/mol. The van der Waals surface area contributed by atoms with Crippen LogP contribution >= 0.6 is 0 Å². The molecule has 1 amide bonds. The van der Waals surface area contributed by atoms with Crippen molar-refractivity contribution >= 4 is 5.91 Å². The Morgan fingerprint density at radius 2 is 2.18 bits per heavy atom. The number of nitrogens with zero attached hydrogens (tertiary/aromatic N) is 6. The van der Waals surface area contributed by atoms with Crippen LogP contribution in [0.3, 0.4) is 0 Å². The minimum absolute atomic E-state index is 0.0418. The molecule has 3 heterocycles. The Kier molecular flexibility index (Phi) is 4.19. The SMILES string of the molecule is CC(c1nnnn1C)N1CCCN(C(=O)c2ccco2)CC1. The van der Waals surface area contributed by atoms with Gasteiger partial charge in [0.2, 0.25) is 0 Å². The molecule has 8 heteroatoms. The number of hydrogen-bond acceptors (Lipinski definition) is 6. The standard InChI is InChI=1S/C14H20N6O2/c1-11(13-15-16-17-18(13)2)19-6-4-7-20(9-8-19)14(21)12-5-3-10-22-12/h3,5,10-11H,4,6-9H2,1-2H3. The van der Waals surface area contributed by atoms with Crippen molar-refractivity contribution in [2.24, 2.45) is 7.05 Å². The van der Waals surface area contributed by atoms with E-state index in [1.807, 2.05) is 11.9 Å². The van der Waals surface area contributed by atoms with Gasteiger partial charge < -0.3 is 9.32 Å². The van der Waals surface area contributed by atoms with Gasteiger partial charge in [0.25, 0.3) is 5.91 Å². The Labute approximate surface area is 128 Å². The summed E-state index contributed by atoms with van der Waals surface area (Å²) in [6, 6.07) is 3.57. The van der Waals surface area contributed by atoms with Crippen molar-refractivity contribution in [3.63, 3.8) is 0 Å². The van der Waals surface area contributed by atoms with E-state index < -0.39 is 0 Å². The zero-order valence-corrected chi connectivity index (χ0v) is 12.8. The van der Waals surface area contributed by atoms with Gasteiger partial charge in [-0.25, -0.2) is 4.68 Å². The van der Waals surface area contributed by atoms with E-state index in [4.69, 9.17) is 4.42 Å². The lowest BCUT2D eigenvalue weighted by Gasteiger charge is -2.26. The van der Waals surface area contributed by atoms with Crippen molar-refractivity contribution in [2.45, 2.75) is 19.4 Å². The van der Waals surface area contributed by atoms with E-state index in [1.54, 1.807) is 16.8 Å². The molecule has 1 aliphatic rings. The van der Waals surface area contributed by atoms with Gasteiger partial charge in [-0.15, -0.1) is 5.10 Å². The topological polar surface area (TPSA) is 80.3 Å². The van der Waals surface area contributed by atoms with Crippen LogP contribution in [0.5, 0.6) is 0 Å². The molecule has 1 unspecified atom stereocenters. The summed E-state index contributed by atoms with van der Waals surface area (Å²) in [4.78, 5) is 16.5. The largest absolute Gasteiger partial charge is 0.459 e. The van der Waals surface area contributed by atoms with E-state index in [0.29, 0.717) is 12.3 Å². The Balaban J connectivity index is 1.65. The van der Waals surface area contributed by atoms with Crippen molar-refractivity contribution in [3.05, 3.63) is 30.0 Å². The third kappa shape index (κ3) is 2.87. The van der Waals surface area contributed by atoms with E-state index in [9.17, 15) is 4.79 Å². The predicted octanol–water partition coefficient (Wildman–Crippen LogP) is 0.712. The first-order chi connectivity index (χ1) is 10.7. The van der Waals surface area contributed by atoms with Gasteiger partial charge in [-0.3, -0.25) is 9.69 Å². The number of carbonyl (C=O) groups excluding carboxylic acids is 1.